The summed E-state index contributed by atoms with van der Waals surface area (Å²) in [5.74, 6) is 0.933. The van der Waals surface area contributed by atoms with E-state index in [0.29, 0.717) is 24.8 Å². The van der Waals surface area contributed by atoms with E-state index in [4.69, 9.17) is 0 Å². The minimum absolute atomic E-state index is 0.248. The maximum atomic E-state index is 13.3. The van der Waals surface area contributed by atoms with Crippen molar-refractivity contribution < 1.29 is 8.60 Å². The lowest BCUT2D eigenvalue weighted by molar-refractivity contribution is 0.477. The number of aliphatic imine (C=N–C) groups is 1. The molecule has 0 spiro atoms. The fourth-order valence-corrected chi connectivity index (χ4v) is 3.30. The molecular formula is C18H22FN3OS. The van der Waals surface area contributed by atoms with Gasteiger partial charge in [-0.1, -0.05) is 30.3 Å². The van der Waals surface area contributed by atoms with E-state index in [1.807, 2.05) is 48.3 Å². The molecular weight excluding hydrogens is 325 g/mol. The van der Waals surface area contributed by atoms with Gasteiger partial charge < -0.3 is 10.2 Å². The zero-order valence-electron chi connectivity index (χ0n) is 13.9. The van der Waals surface area contributed by atoms with Crippen LogP contribution >= 0.6 is 0 Å². The Bertz CT molecular complexity index is 706. The maximum absolute atomic E-state index is 13.3. The Morgan fingerprint density at radius 3 is 2.62 bits per heavy atom. The third-order valence-corrected chi connectivity index (χ3v) is 4.83. The molecule has 0 saturated carbocycles. The minimum atomic E-state index is -1.04. The van der Waals surface area contributed by atoms with Crippen molar-refractivity contribution in [2.45, 2.75) is 11.4 Å². The van der Waals surface area contributed by atoms with E-state index in [2.05, 4.69) is 10.3 Å². The lowest BCUT2D eigenvalue weighted by atomic mass is 10.2. The summed E-state index contributed by atoms with van der Waals surface area (Å²) in [6.07, 6.45) is 0. The monoisotopic (exact) mass is 347 g/mol. The number of nitrogens with zero attached hydrogens (tertiary/aromatic N) is 2. The summed E-state index contributed by atoms with van der Waals surface area (Å²) >= 11 is 0. The Morgan fingerprint density at radius 1 is 1.21 bits per heavy atom. The van der Waals surface area contributed by atoms with Crippen LogP contribution in [0, 0.1) is 5.82 Å². The van der Waals surface area contributed by atoms with Crippen molar-refractivity contribution in [3.63, 3.8) is 0 Å². The molecule has 0 fully saturated rings. The Morgan fingerprint density at radius 2 is 1.96 bits per heavy atom. The van der Waals surface area contributed by atoms with Gasteiger partial charge in [-0.25, -0.2) is 4.39 Å². The normalized spacial score (nSPS) is 12.7. The van der Waals surface area contributed by atoms with Crippen LogP contribution in [0.1, 0.15) is 5.56 Å². The number of benzene rings is 2. The predicted octanol–water partition coefficient (Wildman–Crippen LogP) is 2.64. The molecule has 0 heterocycles. The molecule has 0 aromatic heterocycles. The van der Waals surface area contributed by atoms with Gasteiger partial charge in [0, 0.05) is 37.8 Å². The van der Waals surface area contributed by atoms with Crippen LogP contribution in [0.3, 0.4) is 0 Å². The summed E-state index contributed by atoms with van der Waals surface area (Å²) in [7, 11) is 2.53. The largest absolute Gasteiger partial charge is 0.355 e. The molecule has 2 rings (SSSR count). The van der Waals surface area contributed by atoms with Crippen LogP contribution in [0.25, 0.3) is 0 Å². The van der Waals surface area contributed by atoms with Crippen LogP contribution in [0.15, 0.2) is 64.5 Å². The number of halogens is 1. The van der Waals surface area contributed by atoms with Gasteiger partial charge in [0.2, 0.25) is 0 Å². The van der Waals surface area contributed by atoms with Crippen molar-refractivity contribution in [1.29, 1.82) is 0 Å². The van der Waals surface area contributed by atoms with E-state index < -0.39 is 10.8 Å². The van der Waals surface area contributed by atoms with E-state index in [9.17, 15) is 8.60 Å². The fraction of sp³-hybridized carbons (Fsp3) is 0.278. The van der Waals surface area contributed by atoms with E-state index >= 15 is 0 Å². The molecule has 6 heteroatoms. The minimum Gasteiger partial charge on any atom is -0.355 e. The van der Waals surface area contributed by atoms with Gasteiger partial charge in [0.15, 0.2) is 5.96 Å². The zero-order valence-corrected chi connectivity index (χ0v) is 14.7. The highest BCUT2D eigenvalue weighted by atomic mass is 32.2. The van der Waals surface area contributed by atoms with Gasteiger partial charge in [0.25, 0.3) is 0 Å². The van der Waals surface area contributed by atoms with Crippen molar-refractivity contribution in [1.82, 2.24) is 10.2 Å². The zero-order chi connectivity index (χ0) is 17.4. The number of guanidine groups is 1. The molecule has 0 aliphatic carbocycles. The van der Waals surface area contributed by atoms with Crippen molar-refractivity contribution in [2.24, 2.45) is 4.99 Å². The lowest BCUT2D eigenvalue weighted by Crippen LogP contribution is -2.40. The number of hydrogen-bond acceptors (Lipinski definition) is 2. The second kappa shape index (κ2) is 9.17. The summed E-state index contributed by atoms with van der Waals surface area (Å²) in [5.41, 5.74) is 0.869. The van der Waals surface area contributed by atoms with Gasteiger partial charge in [0.05, 0.1) is 10.8 Å². The first-order valence-electron chi connectivity index (χ1n) is 7.70. The van der Waals surface area contributed by atoms with E-state index in [1.54, 1.807) is 13.1 Å². The van der Waals surface area contributed by atoms with E-state index in [-0.39, 0.29) is 5.82 Å². The average Bonchev–Trinajstić information content (AvgIpc) is 2.59. The molecule has 1 atom stereocenters. The first-order valence-corrected chi connectivity index (χ1v) is 9.01. The molecule has 0 saturated heterocycles. The van der Waals surface area contributed by atoms with Crippen molar-refractivity contribution in [2.75, 3.05) is 26.4 Å². The highest BCUT2D eigenvalue weighted by Crippen LogP contribution is 2.07. The number of rotatable bonds is 6. The first-order chi connectivity index (χ1) is 11.6. The Labute approximate surface area is 144 Å². The Kier molecular flexibility index (Phi) is 6.93. The highest BCUT2D eigenvalue weighted by molar-refractivity contribution is 7.85. The molecule has 128 valence electrons. The molecule has 0 aliphatic heterocycles. The second-order valence-corrected chi connectivity index (χ2v) is 6.89. The van der Waals surface area contributed by atoms with Crippen LogP contribution in [0.4, 0.5) is 4.39 Å². The molecule has 1 N–H and O–H groups in total. The SMILES string of the molecule is CN=C(NCCS(=O)c1ccccc1)N(C)Cc1cccc(F)c1. The number of nitrogens with one attached hydrogen (secondary N) is 1. The lowest BCUT2D eigenvalue weighted by Gasteiger charge is -2.22. The third-order valence-electron chi connectivity index (χ3n) is 3.46. The molecule has 1 unspecified atom stereocenters. The van der Waals surface area contributed by atoms with Crippen LogP contribution < -0.4 is 5.32 Å². The highest BCUT2D eigenvalue weighted by Gasteiger charge is 2.08. The predicted molar refractivity (Wildman–Crippen MR) is 96.9 cm³/mol. The van der Waals surface area contributed by atoms with Gasteiger partial charge in [-0.15, -0.1) is 0 Å². The van der Waals surface area contributed by atoms with Crippen LogP contribution in [0.2, 0.25) is 0 Å². The molecule has 0 bridgehead atoms. The van der Waals surface area contributed by atoms with E-state index in [1.165, 1.54) is 12.1 Å². The first kappa shape index (κ1) is 18.1. The van der Waals surface area contributed by atoms with Gasteiger partial charge in [0.1, 0.15) is 5.82 Å². The quantitative estimate of drug-likeness (QED) is 0.645. The van der Waals surface area contributed by atoms with Crippen LogP contribution in [-0.2, 0) is 17.3 Å². The fourth-order valence-electron chi connectivity index (χ4n) is 2.31. The Hall–Kier alpha value is -2.21. The molecule has 2 aromatic rings. The van der Waals surface area contributed by atoms with Gasteiger partial charge in [-0.2, -0.15) is 0 Å². The summed E-state index contributed by atoms with van der Waals surface area (Å²) < 4.78 is 25.4. The van der Waals surface area contributed by atoms with Gasteiger partial charge >= 0.3 is 0 Å². The van der Waals surface area contributed by atoms with Gasteiger partial charge in [-0.05, 0) is 29.8 Å². The summed E-state index contributed by atoms with van der Waals surface area (Å²) in [4.78, 5) is 6.94. The van der Waals surface area contributed by atoms with Crippen LogP contribution in [0.5, 0.6) is 0 Å². The van der Waals surface area contributed by atoms with Crippen LogP contribution in [-0.4, -0.2) is 41.5 Å². The Balaban J connectivity index is 1.84. The average molecular weight is 347 g/mol. The summed E-state index contributed by atoms with van der Waals surface area (Å²) in [6.45, 7) is 1.08. The third kappa shape index (κ3) is 5.45. The topological polar surface area (TPSA) is 44.7 Å². The molecule has 4 nitrogen and oxygen atoms in total. The maximum Gasteiger partial charge on any atom is 0.193 e. The van der Waals surface area contributed by atoms with Crippen molar-refractivity contribution in [3.8, 4) is 0 Å². The standard InChI is InChI=1S/C18H22FN3OS/c1-20-18(22(2)14-15-7-6-8-16(19)13-15)21-11-12-24(23)17-9-4-3-5-10-17/h3-10,13H,11-12,14H2,1-2H3,(H,20,21). The molecule has 0 radical (unpaired) electrons. The molecule has 2 aromatic carbocycles. The van der Waals surface area contributed by atoms with Crippen molar-refractivity contribution in [3.05, 3.63) is 66.0 Å². The summed E-state index contributed by atoms with van der Waals surface area (Å²) in [5, 5.41) is 3.19. The summed E-state index contributed by atoms with van der Waals surface area (Å²) in [6, 6.07) is 15.9. The van der Waals surface area contributed by atoms with Gasteiger partial charge in [-0.3, -0.25) is 9.20 Å². The van der Waals surface area contributed by atoms with E-state index in [0.717, 1.165) is 10.5 Å². The second-order valence-electron chi connectivity index (χ2n) is 5.32. The molecule has 0 aliphatic rings. The number of hydrogen-bond donors (Lipinski definition) is 1. The van der Waals surface area contributed by atoms with Crippen molar-refractivity contribution >= 4 is 16.8 Å². The smallest absolute Gasteiger partial charge is 0.193 e. The molecule has 0 amide bonds. The molecule has 24 heavy (non-hydrogen) atoms.